The van der Waals surface area contributed by atoms with E-state index in [0.717, 1.165) is 29.7 Å². The number of thiophene rings is 1. The molecular formula is C26H33N7O2S. The second-order valence-corrected chi connectivity index (χ2v) is 10.6. The van der Waals surface area contributed by atoms with Crippen LogP contribution in [0.3, 0.4) is 0 Å². The monoisotopic (exact) mass is 507 g/mol. The van der Waals surface area contributed by atoms with Crippen LogP contribution in [0, 0.1) is 0 Å². The minimum absolute atomic E-state index is 0.120. The highest BCUT2D eigenvalue weighted by Crippen LogP contribution is 2.30. The molecular weight excluding hydrogens is 474 g/mol. The Kier molecular flexibility index (Phi) is 7.24. The van der Waals surface area contributed by atoms with Gasteiger partial charge < -0.3 is 30.9 Å². The fourth-order valence-electron chi connectivity index (χ4n) is 4.55. The number of urea groups is 1. The topological polar surface area (TPSA) is 109 Å². The number of ether oxygens (including phenoxy) is 1. The van der Waals surface area contributed by atoms with Crippen molar-refractivity contribution in [3.8, 4) is 10.4 Å². The lowest BCUT2D eigenvalue weighted by Crippen LogP contribution is -2.54. The lowest BCUT2D eigenvalue weighted by atomic mass is 9.90. The van der Waals surface area contributed by atoms with E-state index in [1.165, 1.54) is 4.88 Å². The third kappa shape index (κ3) is 5.71. The first-order chi connectivity index (χ1) is 17.5. The predicted molar refractivity (Wildman–Crippen MR) is 144 cm³/mol. The molecule has 2 saturated heterocycles. The number of benzene rings is 1. The van der Waals surface area contributed by atoms with Crippen molar-refractivity contribution >= 4 is 34.7 Å². The second-order valence-electron chi connectivity index (χ2n) is 9.60. The van der Waals surface area contributed by atoms with E-state index in [0.29, 0.717) is 57.6 Å². The van der Waals surface area contributed by atoms with Crippen molar-refractivity contribution < 1.29 is 9.53 Å². The maximum absolute atomic E-state index is 12.8. The molecule has 2 amide bonds. The summed E-state index contributed by atoms with van der Waals surface area (Å²) < 4.78 is 5.36. The largest absolute Gasteiger partial charge is 0.397 e. The van der Waals surface area contributed by atoms with E-state index < -0.39 is 0 Å². The second kappa shape index (κ2) is 10.7. The summed E-state index contributed by atoms with van der Waals surface area (Å²) in [5.41, 5.74) is 9.75. The van der Waals surface area contributed by atoms with Gasteiger partial charge in [-0.2, -0.15) is 0 Å². The number of hydrogen-bond acceptors (Lipinski definition) is 8. The maximum atomic E-state index is 12.8. The van der Waals surface area contributed by atoms with Gasteiger partial charge in [-0.05, 0) is 48.9 Å². The highest BCUT2D eigenvalue weighted by Gasteiger charge is 2.34. The summed E-state index contributed by atoms with van der Waals surface area (Å²) in [6.45, 7) is 6.77. The molecule has 0 radical (unpaired) electrons. The van der Waals surface area contributed by atoms with Crippen LogP contribution in [-0.4, -0.2) is 70.7 Å². The number of nitrogens with two attached hydrogens (primary N) is 1. The van der Waals surface area contributed by atoms with Gasteiger partial charge in [0.2, 0.25) is 5.95 Å². The summed E-state index contributed by atoms with van der Waals surface area (Å²) in [4.78, 5) is 26.9. The highest BCUT2D eigenvalue weighted by atomic mass is 32.1. The Balaban J connectivity index is 1.13. The number of morpholine rings is 1. The molecule has 2 aliphatic rings. The lowest BCUT2D eigenvalue weighted by Gasteiger charge is -2.42. The molecule has 1 aromatic carbocycles. The van der Waals surface area contributed by atoms with Gasteiger partial charge >= 0.3 is 6.03 Å². The number of piperidine rings is 1. The standard InChI is InChI=1S/C26H33N7O2S/c1-26(6-8-32(9-7-26)25(34)33-10-12-35-13-11-33)31-24-29-17-19(18-30-24)16-28-22-15-20(4-5-21(22)27)23-3-2-14-36-23/h2-5,14-15,17-18,28H,6-13,16,27H2,1H3,(H,29,30,31). The summed E-state index contributed by atoms with van der Waals surface area (Å²) in [5.74, 6) is 0.605. The van der Waals surface area contributed by atoms with Crippen molar-refractivity contribution in [3.63, 3.8) is 0 Å². The van der Waals surface area contributed by atoms with Crippen LogP contribution >= 0.6 is 11.3 Å². The molecule has 190 valence electrons. The Bertz CT molecular complexity index is 1160. The number of rotatable bonds is 6. The van der Waals surface area contributed by atoms with Crippen molar-refractivity contribution in [2.45, 2.75) is 31.8 Å². The molecule has 2 fully saturated rings. The van der Waals surface area contributed by atoms with Crippen molar-refractivity contribution in [2.24, 2.45) is 0 Å². The fourth-order valence-corrected chi connectivity index (χ4v) is 5.28. The quantitative estimate of drug-likeness (QED) is 0.431. The number of nitrogens with zero attached hydrogens (tertiary/aromatic N) is 4. The van der Waals surface area contributed by atoms with Crippen molar-refractivity contribution in [1.29, 1.82) is 0 Å². The first kappa shape index (κ1) is 24.3. The molecule has 3 aromatic rings. The lowest BCUT2D eigenvalue weighted by molar-refractivity contribution is 0.0400. The van der Waals surface area contributed by atoms with E-state index in [9.17, 15) is 4.79 Å². The number of aromatic nitrogens is 2. The number of carbonyl (C=O) groups excluding carboxylic acids is 1. The molecule has 10 heteroatoms. The van der Waals surface area contributed by atoms with Crippen molar-refractivity contribution in [2.75, 3.05) is 55.8 Å². The molecule has 2 aromatic heterocycles. The normalized spacial score (nSPS) is 17.6. The van der Waals surface area contributed by atoms with Crippen molar-refractivity contribution in [1.82, 2.24) is 19.8 Å². The molecule has 5 rings (SSSR count). The van der Waals surface area contributed by atoms with Gasteiger partial charge in [-0.25, -0.2) is 14.8 Å². The van der Waals surface area contributed by atoms with Crippen LogP contribution in [0.4, 0.5) is 22.1 Å². The summed E-state index contributed by atoms with van der Waals surface area (Å²) in [6.07, 6.45) is 5.36. The Morgan fingerprint density at radius 1 is 1.11 bits per heavy atom. The molecule has 0 atom stereocenters. The van der Waals surface area contributed by atoms with Crippen molar-refractivity contribution in [3.05, 3.63) is 53.7 Å². The van der Waals surface area contributed by atoms with Gasteiger partial charge in [0, 0.05) is 61.1 Å². The van der Waals surface area contributed by atoms with Crippen LogP contribution in [0.5, 0.6) is 0 Å². The Morgan fingerprint density at radius 2 is 1.83 bits per heavy atom. The molecule has 0 bridgehead atoms. The zero-order valence-electron chi connectivity index (χ0n) is 20.6. The Hall–Kier alpha value is -3.37. The summed E-state index contributed by atoms with van der Waals surface area (Å²) in [6, 6.07) is 10.3. The van der Waals surface area contributed by atoms with Crippen LogP contribution in [0.1, 0.15) is 25.3 Å². The molecule has 0 aliphatic carbocycles. The first-order valence-electron chi connectivity index (χ1n) is 12.4. The minimum Gasteiger partial charge on any atom is -0.397 e. The highest BCUT2D eigenvalue weighted by molar-refractivity contribution is 7.13. The van der Waals surface area contributed by atoms with Gasteiger partial charge in [-0.3, -0.25) is 0 Å². The number of anilines is 3. The smallest absolute Gasteiger partial charge is 0.320 e. The Morgan fingerprint density at radius 3 is 2.53 bits per heavy atom. The fraction of sp³-hybridized carbons (Fsp3) is 0.423. The molecule has 0 spiro atoms. The number of nitrogen functional groups attached to an aromatic ring is 1. The van der Waals surface area contributed by atoms with Crippen LogP contribution in [-0.2, 0) is 11.3 Å². The number of nitrogens with one attached hydrogen (secondary N) is 2. The van der Waals surface area contributed by atoms with Gasteiger partial charge in [0.05, 0.1) is 24.6 Å². The van der Waals surface area contributed by atoms with E-state index in [-0.39, 0.29) is 11.6 Å². The zero-order valence-corrected chi connectivity index (χ0v) is 21.4. The van der Waals surface area contributed by atoms with Crippen LogP contribution in [0.15, 0.2) is 48.1 Å². The van der Waals surface area contributed by atoms with E-state index in [2.05, 4.69) is 45.0 Å². The maximum Gasteiger partial charge on any atom is 0.320 e. The number of likely N-dealkylation sites (tertiary alicyclic amines) is 1. The summed E-state index contributed by atoms with van der Waals surface area (Å²) >= 11 is 1.71. The predicted octanol–water partition coefficient (Wildman–Crippen LogP) is 4.12. The van der Waals surface area contributed by atoms with Crippen LogP contribution < -0.4 is 16.4 Å². The average Bonchev–Trinajstić information content (AvgIpc) is 3.45. The van der Waals surface area contributed by atoms with Gasteiger partial charge in [0.25, 0.3) is 0 Å². The summed E-state index contributed by atoms with van der Waals surface area (Å²) in [5, 5.41) is 8.98. The average molecular weight is 508 g/mol. The third-order valence-corrected chi connectivity index (χ3v) is 7.80. The number of amides is 2. The molecule has 2 aliphatic heterocycles. The van der Waals surface area contributed by atoms with Crippen LogP contribution in [0.25, 0.3) is 10.4 Å². The van der Waals surface area contributed by atoms with E-state index in [1.807, 2.05) is 40.4 Å². The SMILES string of the molecule is CC1(Nc2ncc(CNc3cc(-c4cccs4)ccc3N)cn2)CCN(C(=O)N2CCOCC2)CC1. The minimum atomic E-state index is -0.155. The van der Waals surface area contributed by atoms with Gasteiger partial charge in [0.1, 0.15) is 0 Å². The van der Waals surface area contributed by atoms with E-state index in [1.54, 1.807) is 11.3 Å². The zero-order chi connectivity index (χ0) is 25.0. The van der Waals surface area contributed by atoms with Crippen LogP contribution in [0.2, 0.25) is 0 Å². The van der Waals surface area contributed by atoms with E-state index in [4.69, 9.17) is 10.5 Å². The summed E-state index contributed by atoms with van der Waals surface area (Å²) in [7, 11) is 0. The van der Waals surface area contributed by atoms with Gasteiger partial charge in [-0.1, -0.05) is 12.1 Å². The first-order valence-corrected chi connectivity index (χ1v) is 13.3. The molecule has 36 heavy (non-hydrogen) atoms. The Labute approximate surface area is 215 Å². The van der Waals surface area contributed by atoms with Gasteiger partial charge in [0.15, 0.2) is 0 Å². The molecule has 4 N–H and O–H groups in total. The third-order valence-electron chi connectivity index (χ3n) is 6.88. The molecule has 4 heterocycles. The van der Waals surface area contributed by atoms with E-state index >= 15 is 0 Å². The number of carbonyl (C=O) groups is 1. The van der Waals surface area contributed by atoms with Gasteiger partial charge in [-0.15, -0.1) is 11.3 Å². The molecule has 0 saturated carbocycles. The number of hydrogen-bond donors (Lipinski definition) is 3. The molecule has 9 nitrogen and oxygen atoms in total. The molecule has 0 unspecified atom stereocenters.